The van der Waals surface area contributed by atoms with Crippen molar-refractivity contribution < 1.29 is 41.4 Å². The Bertz CT molecular complexity index is 1270. The zero-order chi connectivity index (χ0) is 43.5. The summed E-state index contributed by atoms with van der Waals surface area (Å²) >= 11 is 0. The molecular weight excluding hydrogens is 873 g/mol. The summed E-state index contributed by atoms with van der Waals surface area (Å²) < 4.78 is 79.5. The molecule has 0 aliphatic carbocycles. The van der Waals surface area contributed by atoms with E-state index >= 15 is 0 Å². The van der Waals surface area contributed by atoms with Crippen molar-refractivity contribution >= 4 is 85.3 Å². The van der Waals surface area contributed by atoms with Gasteiger partial charge in [-0.15, -0.1) is 0 Å². The SMILES string of the molecule is Cc1ccc(S(=O)(=O)OCCC[SiH](O[SiH2]O[SiH2]O[SiH2]O[SiH3])O[Si](CC(C)C)(CC(C)C)O[Si](CC(C)C)(CC(C)C)O[Si](CC(C)C)(CC(C)C)CC(C)C)cc1. The van der Waals surface area contributed by atoms with Gasteiger partial charge in [-0.1, -0.05) is 115 Å². The van der Waals surface area contributed by atoms with Gasteiger partial charge in [0.05, 0.1) is 11.5 Å². The number of hydrogen-bond donors (Lipinski definition) is 0. The molecule has 0 bridgehead atoms. The summed E-state index contributed by atoms with van der Waals surface area (Å²) in [7, 11) is -17.4. The lowest BCUT2D eigenvalue weighted by Crippen LogP contribution is -2.63. The van der Waals surface area contributed by atoms with Crippen molar-refractivity contribution in [2.75, 3.05) is 6.61 Å². The van der Waals surface area contributed by atoms with E-state index < -0.39 is 74.9 Å². The lowest BCUT2D eigenvalue weighted by Gasteiger charge is -2.50. The molecule has 1 unspecified atom stereocenters. The molecule has 10 nitrogen and oxygen atoms in total. The lowest BCUT2D eigenvalue weighted by atomic mass is 10.2. The van der Waals surface area contributed by atoms with Crippen LogP contribution < -0.4 is 0 Å². The first-order chi connectivity index (χ1) is 26.5. The lowest BCUT2D eigenvalue weighted by molar-refractivity contribution is 0.257. The summed E-state index contributed by atoms with van der Waals surface area (Å²) in [4.78, 5) is 0.166. The van der Waals surface area contributed by atoms with Crippen LogP contribution in [-0.2, 0) is 43.1 Å². The third-order valence-corrected chi connectivity index (χ3v) is 36.4. The van der Waals surface area contributed by atoms with Crippen LogP contribution in [0.5, 0.6) is 0 Å². The Kier molecular flexibility index (Phi) is 26.9. The fourth-order valence-corrected chi connectivity index (χ4v) is 40.9. The molecule has 0 spiro atoms. The van der Waals surface area contributed by atoms with Gasteiger partial charge >= 0.3 is 26.4 Å². The van der Waals surface area contributed by atoms with Crippen LogP contribution in [-0.4, -0.2) is 90.3 Å². The summed E-state index contributed by atoms with van der Waals surface area (Å²) in [5.41, 5.74) is 0.994. The Morgan fingerprint density at radius 2 is 1.05 bits per heavy atom. The van der Waals surface area contributed by atoms with Gasteiger partial charge in [0, 0.05) is 0 Å². The van der Waals surface area contributed by atoms with Crippen molar-refractivity contribution in [1.29, 1.82) is 0 Å². The minimum absolute atomic E-state index is 0.0516. The highest BCUT2D eigenvalue weighted by atomic mass is 32.2. The van der Waals surface area contributed by atoms with E-state index in [-0.39, 0.29) is 11.5 Å². The molecule has 1 rings (SSSR count). The highest BCUT2D eigenvalue weighted by Gasteiger charge is 2.55. The van der Waals surface area contributed by atoms with Gasteiger partial charge in [0.1, 0.15) is 10.5 Å². The smallest absolute Gasteiger partial charge is 0.320 e. The van der Waals surface area contributed by atoms with Gasteiger partial charge in [-0.25, -0.2) is 0 Å². The number of benzene rings is 1. The monoisotopic (exact) mass is 958 g/mol. The first kappa shape index (κ1) is 55.6. The van der Waals surface area contributed by atoms with Crippen LogP contribution in [0.25, 0.3) is 0 Å². The molecule has 57 heavy (non-hydrogen) atoms. The maximum absolute atomic E-state index is 13.1. The van der Waals surface area contributed by atoms with E-state index in [4.69, 9.17) is 33.0 Å². The van der Waals surface area contributed by atoms with Crippen molar-refractivity contribution in [3.05, 3.63) is 29.8 Å². The molecule has 0 saturated carbocycles. The quantitative estimate of drug-likeness (QED) is 0.0411. The van der Waals surface area contributed by atoms with Crippen LogP contribution in [0.4, 0.5) is 0 Å². The molecule has 0 radical (unpaired) electrons. The summed E-state index contributed by atoms with van der Waals surface area (Å²) in [6, 6.07) is 14.3. The van der Waals surface area contributed by atoms with Crippen LogP contribution >= 0.6 is 0 Å². The number of hydrogen-bond acceptors (Lipinski definition) is 10. The predicted molar refractivity (Wildman–Crippen MR) is 259 cm³/mol. The molecule has 1 atom stereocenters. The standard InChI is InChI=1S/C38H86O10SSi8/c1-30(2)23-55(24-31(3)4,25-32(5)6)47-57(28-35(11)12,29-36(13)14)48-56(26-33(7)8,27-34(9)10)46-54(45-53-44-52-43-51-42-50)22-16-21-41-49(39,40)38-19-17-37(15)18-20-38/h17-20,30-36,54H,16,21-29,51-53H2,1-15,50H3. The van der Waals surface area contributed by atoms with Crippen LogP contribution in [0.1, 0.15) is 109 Å². The maximum atomic E-state index is 13.1. The summed E-state index contributed by atoms with van der Waals surface area (Å²) in [5.74, 6) is 3.12. The van der Waals surface area contributed by atoms with Gasteiger partial charge in [-0.05, 0) is 115 Å². The zero-order valence-corrected chi connectivity index (χ0v) is 50.3. The van der Waals surface area contributed by atoms with E-state index in [9.17, 15) is 8.42 Å². The van der Waals surface area contributed by atoms with Crippen molar-refractivity contribution in [2.24, 2.45) is 41.4 Å². The van der Waals surface area contributed by atoms with Gasteiger partial charge in [-0.3, -0.25) is 4.18 Å². The van der Waals surface area contributed by atoms with Gasteiger partial charge in [-0.2, -0.15) is 8.42 Å². The first-order valence-corrected chi connectivity index (χ1v) is 36.2. The molecule has 0 heterocycles. The van der Waals surface area contributed by atoms with Crippen molar-refractivity contribution in [2.45, 2.75) is 164 Å². The molecule has 0 aliphatic rings. The van der Waals surface area contributed by atoms with E-state index in [0.29, 0.717) is 64.4 Å². The highest BCUT2D eigenvalue weighted by molar-refractivity contribution is 7.86. The molecule has 0 N–H and O–H groups in total. The third-order valence-electron chi connectivity index (χ3n) is 9.18. The van der Waals surface area contributed by atoms with Gasteiger partial charge in [0.25, 0.3) is 40.1 Å². The van der Waals surface area contributed by atoms with E-state index in [1.165, 1.54) is 0 Å². The van der Waals surface area contributed by atoms with Crippen LogP contribution in [0, 0.1) is 48.3 Å². The van der Waals surface area contributed by atoms with Crippen molar-refractivity contribution in [1.82, 2.24) is 0 Å². The average Bonchev–Trinajstić information content (AvgIpc) is 3.02. The van der Waals surface area contributed by atoms with Crippen molar-refractivity contribution in [3.63, 3.8) is 0 Å². The molecule has 0 fully saturated rings. The molecule has 0 saturated heterocycles. The Balaban J connectivity index is 3.81. The molecule has 336 valence electrons. The molecule has 0 aromatic heterocycles. The topological polar surface area (TPSA) is 108 Å². The van der Waals surface area contributed by atoms with E-state index in [2.05, 4.69) is 96.9 Å². The Morgan fingerprint density at radius 3 is 1.49 bits per heavy atom. The van der Waals surface area contributed by atoms with Crippen molar-refractivity contribution in [3.8, 4) is 0 Å². The minimum Gasteiger partial charge on any atom is -0.449 e. The maximum Gasteiger partial charge on any atom is 0.320 e. The zero-order valence-electron chi connectivity index (χ0n) is 39.1. The Hall–Kier alpha value is 0.585. The minimum atomic E-state index is -3.88. The highest BCUT2D eigenvalue weighted by Crippen LogP contribution is 2.43. The second-order valence-corrected chi connectivity index (χ2v) is 41.5. The number of aryl methyl sites for hydroxylation is 1. The molecule has 19 heteroatoms. The van der Waals surface area contributed by atoms with Gasteiger partial charge in [0.2, 0.25) is 0 Å². The molecular formula is C38H86O10SSi8. The predicted octanol–water partition coefficient (Wildman–Crippen LogP) is 7.13. The fraction of sp³-hybridized carbons (Fsp3) is 0.842. The van der Waals surface area contributed by atoms with Crippen LogP contribution in [0.15, 0.2) is 29.2 Å². The molecule has 1 aromatic carbocycles. The van der Waals surface area contributed by atoms with Crippen LogP contribution in [0.3, 0.4) is 0 Å². The first-order valence-electron chi connectivity index (χ1n) is 21.8. The fourth-order valence-electron chi connectivity index (χ4n) is 8.33. The second kappa shape index (κ2) is 27.6. The second-order valence-electron chi connectivity index (χ2n) is 19.4. The largest absolute Gasteiger partial charge is 0.449 e. The molecule has 0 amide bonds. The summed E-state index contributed by atoms with van der Waals surface area (Å²) in [6.07, 6.45) is 0.490. The van der Waals surface area contributed by atoms with Crippen LogP contribution in [0.2, 0.25) is 48.4 Å². The van der Waals surface area contributed by atoms with E-state index in [1.807, 2.05) is 6.92 Å². The Morgan fingerprint density at radius 1 is 0.614 bits per heavy atom. The number of rotatable bonds is 33. The molecule has 0 aliphatic heterocycles. The normalized spacial score (nSPS) is 14.8. The van der Waals surface area contributed by atoms with E-state index in [1.54, 1.807) is 24.3 Å². The molecule has 1 aromatic rings. The average molecular weight is 960 g/mol. The van der Waals surface area contributed by atoms with Gasteiger partial charge in [0.15, 0.2) is 8.32 Å². The van der Waals surface area contributed by atoms with E-state index in [0.717, 1.165) is 47.9 Å². The summed E-state index contributed by atoms with van der Waals surface area (Å²) in [6.45, 7) is 34.6. The summed E-state index contributed by atoms with van der Waals surface area (Å²) in [5, 5.41) is 0. The third kappa shape index (κ3) is 23.6. The van der Waals surface area contributed by atoms with Gasteiger partial charge < -0.3 is 28.8 Å². The Labute approximate surface area is 366 Å².